The Morgan fingerprint density at radius 1 is 1.35 bits per heavy atom. The van der Waals surface area contributed by atoms with Crippen LogP contribution in [0, 0.1) is 0 Å². The van der Waals surface area contributed by atoms with E-state index >= 15 is 0 Å². The Balaban J connectivity index is 1.92. The summed E-state index contributed by atoms with van der Waals surface area (Å²) in [5, 5.41) is 13.7. The average molecular weight is 331 g/mol. The predicted octanol–water partition coefficient (Wildman–Crippen LogP) is 3.27. The van der Waals surface area contributed by atoms with Gasteiger partial charge < -0.3 is 15.2 Å². The first-order chi connectivity index (χ1) is 10.8. The van der Waals surface area contributed by atoms with E-state index in [1.54, 1.807) is 12.2 Å². The lowest BCUT2D eigenvalue weighted by molar-refractivity contribution is -0.0938. The summed E-state index contributed by atoms with van der Waals surface area (Å²) in [6.07, 6.45) is 2.66. The largest absolute Gasteiger partial charge is 0.412 e. The summed E-state index contributed by atoms with van der Waals surface area (Å²) >= 11 is 0. The number of rotatable bonds is 4. The minimum Gasteiger partial charge on any atom is -0.387 e. The number of hydrogen-bond acceptors (Lipinski definition) is 3. The molecule has 0 aromatic carbocycles. The molecule has 0 unspecified atom stereocenters. The molecule has 1 fully saturated rings. The van der Waals surface area contributed by atoms with Gasteiger partial charge in [0.05, 0.1) is 6.10 Å². The summed E-state index contributed by atoms with van der Waals surface area (Å²) < 4.78 is 43.4. The maximum absolute atomic E-state index is 12.7. The van der Waals surface area contributed by atoms with Gasteiger partial charge in [-0.2, -0.15) is 13.2 Å². The SMILES string of the molecule is CC1(NC[C@@H](O)C2=C/CC/C(C(F)(F)F)=C/C=C\2)CCOCC1. The molecule has 6 heteroatoms. The van der Waals surface area contributed by atoms with E-state index in [0.29, 0.717) is 25.3 Å². The van der Waals surface area contributed by atoms with Crippen LogP contribution in [-0.4, -0.2) is 42.7 Å². The fraction of sp³-hybridized carbons (Fsp3) is 0.647. The zero-order valence-corrected chi connectivity index (χ0v) is 13.3. The molecule has 2 rings (SSSR count). The summed E-state index contributed by atoms with van der Waals surface area (Å²) in [4.78, 5) is 0. The molecule has 2 aliphatic rings. The Morgan fingerprint density at radius 2 is 2.04 bits per heavy atom. The van der Waals surface area contributed by atoms with Crippen molar-refractivity contribution < 1.29 is 23.0 Å². The van der Waals surface area contributed by atoms with Crippen molar-refractivity contribution in [3.05, 3.63) is 35.5 Å². The topological polar surface area (TPSA) is 41.5 Å². The summed E-state index contributed by atoms with van der Waals surface area (Å²) in [5.74, 6) is 0. The highest BCUT2D eigenvalue weighted by molar-refractivity contribution is 5.31. The number of β-amino-alcohol motifs (C(OH)–C–C–N with tert-alkyl or cyclic N) is 1. The number of nitrogens with one attached hydrogen (secondary N) is 1. The maximum Gasteiger partial charge on any atom is 0.412 e. The van der Waals surface area contributed by atoms with Crippen LogP contribution < -0.4 is 5.32 Å². The average Bonchev–Trinajstić information content (AvgIpc) is 2.44. The molecular formula is C17H24F3NO2. The van der Waals surface area contributed by atoms with E-state index in [9.17, 15) is 18.3 Å². The third-order valence-electron chi connectivity index (χ3n) is 4.45. The third kappa shape index (κ3) is 5.48. The normalized spacial score (nSPS) is 29.4. The van der Waals surface area contributed by atoms with Crippen LogP contribution in [0.2, 0.25) is 0 Å². The summed E-state index contributed by atoms with van der Waals surface area (Å²) in [7, 11) is 0. The Morgan fingerprint density at radius 3 is 2.70 bits per heavy atom. The molecule has 3 nitrogen and oxygen atoms in total. The van der Waals surface area contributed by atoms with Gasteiger partial charge in [0.25, 0.3) is 0 Å². The molecule has 0 bridgehead atoms. The van der Waals surface area contributed by atoms with E-state index in [1.807, 2.05) is 0 Å². The third-order valence-corrected chi connectivity index (χ3v) is 4.45. The highest BCUT2D eigenvalue weighted by atomic mass is 19.4. The molecule has 1 saturated heterocycles. The molecule has 2 N–H and O–H groups in total. The van der Waals surface area contributed by atoms with Crippen molar-refractivity contribution in [1.82, 2.24) is 5.32 Å². The number of hydrogen-bond donors (Lipinski definition) is 2. The predicted molar refractivity (Wildman–Crippen MR) is 83.1 cm³/mol. The van der Waals surface area contributed by atoms with Crippen LogP contribution in [0.5, 0.6) is 0 Å². The zero-order valence-electron chi connectivity index (χ0n) is 13.3. The standard InChI is InChI=1S/C17H24F3NO2/c1-16(8-10-23-11-9-16)21-12-15(22)13-4-2-6-14(7-3-5-13)17(18,19)20/h2,4-6,15,21-22H,3,7-12H2,1H3/b4-2-,13-5+,14-6-/t15-/m1/s1. The Hall–Kier alpha value is -1.11. The van der Waals surface area contributed by atoms with E-state index in [-0.39, 0.29) is 18.4 Å². The van der Waals surface area contributed by atoms with Crippen molar-refractivity contribution in [1.29, 1.82) is 0 Å². The summed E-state index contributed by atoms with van der Waals surface area (Å²) in [5.41, 5.74) is 0.0612. The van der Waals surface area contributed by atoms with Gasteiger partial charge in [-0.3, -0.25) is 0 Å². The molecule has 1 heterocycles. The van der Waals surface area contributed by atoms with Gasteiger partial charge in [-0.05, 0) is 38.2 Å². The van der Waals surface area contributed by atoms with Crippen LogP contribution in [0.15, 0.2) is 35.5 Å². The monoisotopic (exact) mass is 331 g/mol. The van der Waals surface area contributed by atoms with Crippen LogP contribution in [0.1, 0.15) is 32.6 Å². The van der Waals surface area contributed by atoms with Crippen LogP contribution in [0.4, 0.5) is 13.2 Å². The fourth-order valence-electron chi connectivity index (χ4n) is 2.76. The second-order valence-corrected chi connectivity index (χ2v) is 6.36. The van der Waals surface area contributed by atoms with Gasteiger partial charge in [0.1, 0.15) is 0 Å². The molecule has 23 heavy (non-hydrogen) atoms. The Labute approximate surface area is 134 Å². The molecular weight excluding hydrogens is 307 g/mol. The molecule has 0 aromatic heterocycles. The summed E-state index contributed by atoms with van der Waals surface area (Å²) in [6, 6.07) is 0. The number of alkyl halides is 3. The van der Waals surface area contributed by atoms with E-state index in [1.165, 1.54) is 6.08 Å². The first-order valence-electron chi connectivity index (χ1n) is 7.95. The van der Waals surface area contributed by atoms with E-state index in [2.05, 4.69) is 12.2 Å². The van der Waals surface area contributed by atoms with Gasteiger partial charge in [0, 0.05) is 30.9 Å². The van der Waals surface area contributed by atoms with Crippen molar-refractivity contribution in [3.63, 3.8) is 0 Å². The first-order valence-corrected chi connectivity index (χ1v) is 7.95. The molecule has 1 atom stereocenters. The minimum atomic E-state index is -4.28. The van der Waals surface area contributed by atoms with Gasteiger partial charge in [0.15, 0.2) is 0 Å². The number of halogens is 3. The molecule has 1 aliphatic carbocycles. The molecule has 0 radical (unpaired) electrons. The van der Waals surface area contributed by atoms with Crippen LogP contribution in [0.25, 0.3) is 0 Å². The second-order valence-electron chi connectivity index (χ2n) is 6.36. The van der Waals surface area contributed by atoms with Gasteiger partial charge in [-0.25, -0.2) is 0 Å². The molecule has 0 saturated carbocycles. The van der Waals surface area contributed by atoms with Crippen molar-refractivity contribution in [2.24, 2.45) is 0 Å². The maximum atomic E-state index is 12.7. The van der Waals surface area contributed by atoms with Gasteiger partial charge in [0.2, 0.25) is 0 Å². The fourth-order valence-corrected chi connectivity index (χ4v) is 2.76. The van der Waals surface area contributed by atoms with Gasteiger partial charge >= 0.3 is 6.18 Å². The van der Waals surface area contributed by atoms with E-state index in [4.69, 9.17) is 4.74 Å². The number of allylic oxidation sites excluding steroid dienone is 4. The van der Waals surface area contributed by atoms with Crippen molar-refractivity contribution in [2.75, 3.05) is 19.8 Å². The lowest BCUT2D eigenvalue weighted by Gasteiger charge is -2.35. The summed E-state index contributed by atoms with van der Waals surface area (Å²) in [6.45, 7) is 3.88. The minimum absolute atomic E-state index is 0.0610. The van der Waals surface area contributed by atoms with Crippen LogP contribution >= 0.6 is 0 Å². The Kier molecular flexibility index (Phi) is 6.06. The van der Waals surface area contributed by atoms with Gasteiger partial charge in [-0.15, -0.1) is 0 Å². The van der Waals surface area contributed by atoms with E-state index < -0.39 is 17.9 Å². The van der Waals surface area contributed by atoms with Crippen LogP contribution in [0.3, 0.4) is 0 Å². The first kappa shape index (κ1) is 18.2. The van der Waals surface area contributed by atoms with E-state index in [0.717, 1.165) is 18.9 Å². The lowest BCUT2D eigenvalue weighted by Crippen LogP contribution is -2.49. The smallest absolute Gasteiger partial charge is 0.387 e. The molecule has 0 amide bonds. The van der Waals surface area contributed by atoms with Crippen molar-refractivity contribution in [3.8, 4) is 0 Å². The number of ether oxygens (including phenoxy) is 1. The second kappa shape index (κ2) is 7.64. The highest BCUT2D eigenvalue weighted by Gasteiger charge is 2.32. The lowest BCUT2D eigenvalue weighted by atomic mass is 9.92. The highest BCUT2D eigenvalue weighted by Crippen LogP contribution is 2.30. The molecule has 130 valence electrons. The number of aliphatic hydroxyl groups excluding tert-OH is 1. The van der Waals surface area contributed by atoms with Crippen molar-refractivity contribution >= 4 is 0 Å². The molecule has 0 spiro atoms. The van der Waals surface area contributed by atoms with Gasteiger partial charge in [-0.1, -0.05) is 24.3 Å². The van der Waals surface area contributed by atoms with Crippen molar-refractivity contribution in [2.45, 2.75) is 50.4 Å². The number of aliphatic hydroxyl groups is 1. The van der Waals surface area contributed by atoms with Crippen LogP contribution in [-0.2, 0) is 4.74 Å². The molecule has 1 aliphatic heterocycles. The quantitative estimate of drug-likeness (QED) is 0.831. The molecule has 0 aromatic rings. The Bertz CT molecular complexity index is 489. The zero-order chi connectivity index (χ0) is 16.9.